The van der Waals surface area contributed by atoms with Crippen LogP contribution in [0.15, 0.2) is 17.0 Å². The first-order valence-corrected chi connectivity index (χ1v) is 10.8. The first kappa shape index (κ1) is 21.4. The Hall–Kier alpha value is -0.630. The van der Waals surface area contributed by atoms with Gasteiger partial charge in [-0.25, -0.2) is 0 Å². The molecule has 2 heteroatoms. The maximum absolute atomic E-state index is 12.7. The van der Waals surface area contributed by atoms with Crippen LogP contribution in [0.1, 0.15) is 97.1 Å². The van der Waals surface area contributed by atoms with E-state index in [2.05, 4.69) is 46.8 Å². The van der Waals surface area contributed by atoms with E-state index in [1.54, 1.807) is 0 Å². The maximum atomic E-state index is 12.7. The second-order valence-electron chi connectivity index (χ2n) is 7.60. The van der Waals surface area contributed by atoms with Gasteiger partial charge < -0.3 is 0 Å². The Morgan fingerprint density at radius 1 is 0.833 bits per heavy atom. The summed E-state index contributed by atoms with van der Waals surface area (Å²) in [5.74, 6) is 0.310. The number of aryl methyl sites for hydroxylation is 2. The number of thioether (sulfide) groups is 1. The number of benzene rings is 1. The van der Waals surface area contributed by atoms with Gasteiger partial charge >= 0.3 is 0 Å². The van der Waals surface area contributed by atoms with Gasteiger partial charge in [0.15, 0.2) is 5.75 Å². The molecule has 0 atom stereocenters. The molecule has 0 aliphatic carbocycles. The minimum atomic E-state index is 0.240. The van der Waals surface area contributed by atoms with E-state index in [-0.39, 0.29) is 4.75 Å². The van der Waals surface area contributed by atoms with Crippen LogP contribution in [0, 0.1) is 0 Å². The molecule has 0 bridgehead atoms. The third-order valence-corrected chi connectivity index (χ3v) is 5.82. The normalized spacial score (nSPS) is 11.9. The first-order chi connectivity index (χ1) is 11.4. The van der Waals surface area contributed by atoms with Gasteiger partial charge in [-0.2, -0.15) is 0 Å². The molecule has 0 spiro atoms. The van der Waals surface area contributed by atoms with E-state index in [9.17, 15) is 5.11 Å². The van der Waals surface area contributed by atoms with Crippen molar-refractivity contribution in [2.45, 2.75) is 108 Å². The number of hydrogen-bond donors (Lipinski definition) is 0. The van der Waals surface area contributed by atoms with E-state index in [4.69, 9.17) is 0 Å². The lowest BCUT2D eigenvalue weighted by Crippen LogP contribution is -2.14. The van der Waals surface area contributed by atoms with E-state index in [0.717, 1.165) is 49.7 Å². The average Bonchev–Trinajstić information content (AvgIpc) is 2.53. The van der Waals surface area contributed by atoms with Crippen molar-refractivity contribution in [3.05, 3.63) is 23.3 Å². The summed E-state index contributed by atoms with van der Waals surface area (Å²) < 4.78 is 0.240. The third kappa shape index (κ3) is 7.51. The first-order valence-electron chi connectivity index (χ1n) is 9.95. The highest BCUT2D eigenvalue weighted by atomic mass is 32.2. The largest absolute Gasteiger partial charge is 0.289 e. The van der Waals surface area contributed by atoms with Gasteiger partial charge in [-0.1, -0.05) is 66.7 Å². The molecule has 0 saturated carbocycles. The van der Waals surface area contributed by atoms with E-state index in [0.29, 0.717) is 5.75 Å². The van der Waals surface area contributed by atoms with Crippen LogP contribution in [-0.2, 0) is 17.9 Å². The predicted octanol–water partition coefficient (Wildman–Crippen LogP) is 7.97. The lowest BCUT2D eigenvalue weighted by molar-refractivity contribution is 0.343. The fourth-order valence-electron chi connectivity index (χ4n) is 3.06. The van der Waals surface area contributed by atoms with Gasteiger partial charge in [-0.05, 0) is 44.2 Å². The maximum Gasteiger partial charge on any atom is 0.185 e. The summed E-state index contributed by atoms with van der Waals surface area (Å²) in [5, 5.41) is 12.7. The smallest absolute Gasteiger partial charge is 0.185 e. The fraction of sp³-hybridized carbons (Fsp3) is 0.727. The Morgan fingerprint density at radius 2 is 1.33 bits per heavy atom. The third-order valence-electron chi connectivity index (χ3n) is 4.59. The van der Waals surface area contributed by atoms with Crippen LogP contribution in [0.25, 0.3) is 0 Å². The zero-order chi connectivity index (χ0) is 18.0. The van der Waals surface area contributed by atoms with Crippen molar-refractivity contribution in [1.82, 2.24) is 0 Å². The van der Waals surface area contributed by atoms with E-state index in [1.165, 1.54) is 30.6 Å². The van der Waals surface area contributed by atoms with Gasteiger partial charge in [-0.3, -0.25) is 5.11 Å². The molecule has 1 aromatic carbocycles. The molecule has 137 valence electrons. The summed E-state index contributed by atoms with van der Waals surface area (Å²) in [4.78, 5) is 1.30. The van der Waals surface area contributed by atoms with Crippen molar-refractivity contribution in [2.75, 3.05) is 0 Å². The topological polar surface area (TPSA) is 19.9 Å². The summed E-state index contributed by atoms with van der Waals surface area (Å²) in [5.41, 5.74) is 2.08. The molecular formula is C22H37OS. The molecule has 0 aliphatic rings. The number of unbranched alkanes of at least 4 members (excludes halogenated alkanes) is 4. The van der Waals surface area contributed by atoms with Gasteiger partial charge in [0, 0.05) is 20.8 Å². The summed E-state index contributed by atoms with van der Waals surface area (Å²) in [7, 11) is 0. The number of rotatable bonds is 12. The fourth-order valence-corrected chi connectivity index (χ4v) is 4.34. The molecule has 1 radical (unpaired) electrons. The van der Waals surface area contributed by atoms with Gasteiger partial charge in [0.2, 0.25) is 0 Å². The van der Waals surface area contributed by atoms with Gasteiger partial charge in [0.1, 0.15) is 0 Å². The van der Waals surface area contributed by atoms with Crippen LogP contribution in [0.2, 0.25) is 0 Å². The zero-order valence-corrected chi connectivity index (χ0v) is 17.4. The molecule has 0 unspecified atom stereocenters. The van der Waals surface area contributed by atoms with Gasteiger partial charge in [0.05, 0.1) is 0 Å². The Labute approximate surface area is 154 Å². The molecule has 1 aromatic rings. The van der Waals surface area contributed by atoms with Crippen molar-refractivity contribution in [1.29, 1.82) is 0 Å². The summed E-state index contributed by atoms with van der Waals surface area (Å²) in [6, 6.07) is 4.36. The highest BCUT2D eigenvalue weighted by molar-refractivity contribution is 8.00. The lowest BCUT2D eigenvalue weighted by Gasteiger charge is -2.25. The standard InChI is InChI=1S/C22H37OS/c1-6-9-12-15-22(4,5)24-20-16-18(13-10-7-2)21(23)19(17-20)14-11-8-3/h16-17H,6-15H2,1-5H3. The molecule has 0 saturated heterocycles. The second kappa shape index (κ2) is 11.1. The highest BCUT2D eigenvalue weighted by Gasteiger charge is 2.21. The Morgan fingerprint density at radius 3 is 1.79 bits per heavy atom. The van der Waals surface area contributed by atoms with Gasteiger partial charge in [0.25, 0.3) is 0 Å². The van der Waals surface area contributed by atoms with Crippen LogP contribution in [-0.4, -0.2) is 4.75 Å². The van der Waals surface area contributed by atoms with Crippen molar-refractivity contribution in [2.24, 2.45) is 0 Å². The van der Waals surface area contributed by atoms with E-state index < -0.39 is 0 Å². The molecule has 0 heterocycles. The minimum absolute atomic E-state index is 0.240. The van der Waals surface area contributed by atoms with Crippen molar-refractivity contribution in [3.8, 4) is 5.75 Å². The Bertz CT molecular complexity index is 450. The van der Waals surface area contributed by atoms with E-state index in [1.807, 2.05) is 11.8 Å². The summed E-state index contributed by atoms with van der Waals surface area (Å²) >= 11 is 1.96. The van der Waals surface area contributed by atoms with Crippen LogP contribution < -0.4 is 0 Å². The SMILES string of the molecule is CCCCCC(C)(C)Sc1cc(CCCC)c([O])c(CCCC)c1. The van der Waals surface area contributed by atoms with Crippen LogP contribution in [0.3, 0.4) is 0 Å². The zero-order valence-electron chi connectivity index (χ0n) is 16.5. The second-order valence-corrected chi connectivity index (χ2v) is 9.38. The Kier molecular flexibility index (Phi) is 9.88. The molecule has 1 nitrogen and oxygen atoms in total. The lowest BCUT2D eigenvalue weighted by atomic mass is 10.0. The molecule has 24 heavy (non-hydrogen) atoms. The molecule has 1 rings (SSSR count). The average molecular weight is 350 g/mol. The quantitative estimate of drug-likeness (QED) is 0.277. The predicted molar refractivity (Wildman–Crippen MR) is 108 cm³/mol. The highest BCUT2D eigenvalue weighted by Crippen LogP contribution is 2.40. The molecule has 0 N–H and O–H groups in total. The summed E-state index contributed by atoms with van der Waals surface area (Å²) in [6.07, 6.45) is 11.5. The van der Waals surface area contributed by atoms with Crippen LogP contribution in [0.5, 0.6) is 5.75 Å². The van der Waals surface area contributed by atoms with Gasteiger partial charge in [-0.15, -0.1) is 11.8 Å². The van der Waals surface area contributed by atoms with E-state index >= 15 is 0 Å². The molecule has 0 amide bonds. The minimum Gasteiger partial charge on any atom is -0.289 e. The number of hydrogen-bond acceptors (Lipinski definition) is 1. The molecular weight excluding hydrogens is 312 g/mol. The summed E-state index contributed by atoms with van der Waals surface area (Å²) in [6.45, 7) is 11.3. The van der Waals surface area contributed by atoms with Crippen molar-refractivity contribution in [3.63, 3.8) is 0 Å². The van der Waals surface area contributed by atoms with Crippen molar-refractivity contribution < 1.29 is 5.11 Å². The molecule has 0 aliphatic heterocycles. The molecule has 0 fully saturated rings. The van der Waals surface area contributed by atoms with Crippen LogP contribution in [0.4, 0.5) is 0 Å². The molecule has 0 aromatic heterocycles. The Balaban J connectivity index is 2.94. The van der Waals surface area contributed by atoms with Crippen molar-refractivity contribution >= 4 is 11.8 Å². The van der Waals surface area contributed by atoms with Crippen LogP contribution >= 0.6 is 11.8 Å². The monoisotopic (exact) mass is 349 g/mol.